The van der Waals surface area contributed by atoms with Crippen LogP contribution < -0.4 is 5.32 Å². The molecule has 2 rings (SSSR count). The molecule has 102 heavy (non-hydrogen) atoms. The van der Waals surface area contributed by atoms with Crippen molar-refractivity contribution in [1.82, 2.24) is 5.32 Å². The van der Waals surface area contributed by atoms with Crippen LogP contribution in [0.25, 0.3) is 0 Å². The first kappa shape index (κ1) is 95.2. The Morgan fingerprint density at radius 3 is 1.08 bits per heavy atom. The summed E-state index contributed by atoms with van der Waals surface area (Å²) in [5.74, 6) is -0.244. The SMILES string of the molecule is CC/C=C\C/C=C\C/C=C\C/C=C\C/C=C\CCCCCCCCCCCCCCCCCCCCCCCC(=O)NC(COC1OC(CO)C(OC2OC(CO)C(O)C(O)C2O)C(O)C1O)C(O)/C=C/CC/C=C/CCCCCCCCCCCCCCCCCCCCCCCCCCC. The van der Waals surface area contributed by atoms with Gasteiger partial charge in [-0.05, 0) is 77.0 Å². The number of carbonyl (C=O) groups is 1. The third kappa shape index (κ3) is 53.0. The Morgan fingerprint density at radius 1 is 0.363 bits per heavy atom. The molecule has 0 bridgehead atoms. The van der Waals surface area contributed by atoms with E-state index in [-0.39, 0.29) is 18.9 Å². The van der Waals surface area contributed by atoms with E-state index < -0.39 is 86.8 Å². The van der Waals surface area contributed by atoms with E-state index in [0.29, 0.717) is 12.8 Å². The quantitative estimate of drug-likeness (QED) is 0.0204. The molecule has 14 heteroatoms. The van der Waals surface area contributed by atoms with Crippen molar-refractivity contribution in [3.63, 3.8) is 0 Å². The third-order valence-corrected chi connectivity index (χ3v) is 20.6. The van der Waals surface area contributed by atoms with Crippen LogP contribution in [0.5, 0.6) is 0 Å². The summed E-state index contributed by atoms with van der Waals surface area (Å²) in [5.41, 5.74) is 0. The molecule has 0 saturated carbocycles. The Balaban J connectivity index is 1.59. The number of nitrogens with one attached hydrogen (secondary N) is 1. The second-order valence-electron chi connectivity index (χ2n) is 29.9. The summed E-state index contributed by atoms with van der Waals surface area (Å²) < 4.78 is 22.9. The molecule has 2 aliphatic heterocycles. The number of hydrogen-bond acceptors (Lipinski definition) is 13. The molecular weight excluding hydrogens is 1280 g/mol. The molecule has 9 N–H and O–H groups in total. The van der Waals surface area contributed by atoms with Crippen LogP contribution in [0.2, 0.25) is 0 Å². The molecule has 0 aromatic heterocycles. The first-order valence-corrected chi connectivity index (χ1v) is 42.8. The van der Waals surface area contributed by atoms with Crippen LogP contribution in [-0.2, 0) is 23.7 Å². The Hall–Kier alpha value is -2.83. The highest BCUT2D eigenvalue weighted by molar-refractivity contribution is 5.76. The van der Waals surface area contributed by atoms with Crippen LogP contribution in [0, 0.1) is 0 Å². The summed E-state index contributed by atoms with van der Waals surface area (Å²) in [6.07, 6.45) is 84.0. The lowest BCUT2D eigenvalue weighted by Crippen LogP contribution is -2.65. The molecule has 0 aromatic rings. The summed E-state index contributed by atoms with van der Waals surface area (Å²) in [5, 5.41) is 87.8. The zero-order valence-electron chi connectivity index (χ0n) is 65.3. The smallest absolute Gasteiger partial charge is 0.220 e. The predicted molar refractivity (Wildman–Crippen MR) is 424 cm³/mol. The monoisotopic (exact) mass is 1440 g/mol. The van der Waals surface area contributed by atoms with E-state index in [9.17, 15) is 45.6 Å². The maximum absolute atomic E-state index is 13.4. The lowest BCUT2D eigenvalue weighted by Gasteiger charge is -2.46. The minimum atomic E-state index is -1.79. The molecule has 0 radical (unpaired) electrons. The van der Waals surface area contributed by atoms with Gasteiger partial charge in [0.15, 0.2) is 12.6 Å². The van der Waals surface area contributed by atoms with Crippen molar-refractivity contribution in [2.75, 3.05) is 19.8 Å². The number of unbranched alkanes of at least 4 members (excludes halogenated alkanes) is 47. The van der Waals surface area contributed by atoms with E-state index in [1.165, 1.54) is 276 Å². The van der Waals surface area contributed by atoms with Crippen molar-refractivity contribution in [1.29, 1.82) is 0 Å². The Morgan fingerprint density at radius 2 is 0.686 bits per heavy atom. The number of amides is 1. The van der Waals surface area contributed by atoms with Crippen LogP contribution in [-0.4, -0.2) is 140 Å². The first-order valence-electron chi connectivity index (χ1n) is 42.8. The van der Waals surface area contributed by atoms with Gasteiger partial charge < -0.3 is 65.1 Å². The van der Waals surface area contributed by atoms with Crippen molar-refractivity contribution in [3.8, 4) is 0 Å². The molecule has 2 fully saturated rings. The van der Waals surface area contributed by atoms with Gasteiger partial charge in [-0.25, -0.2) is 0 Å². The van der Waals surface area contributed by atoms with Gasteiger partial charge in [-0.1, -0.05) is 375 Å². The summed E-state index contributed by atoms with van der Waals surface area (Å²) in [7, 11) is 0. The first-order chi connectivity index (χ1) is 50.1. The van der Waals surface area contributed by atoms with Gasteiger partial charge in [0.1, 0.15) is 48.8 Å². The predicted octanol–water partition coefficient (Wildman–Crippen LogP) is 20.3. The Bertz CT molecular complexity index is 2040. The Labute approximate surface area is 624 Å². The summed E-state index contributed by atoms with van der Waals surface area (Å²) in [4.78, 5) is 13.4. The molecule has 14 nitrogen and oxygen atoms in total. The molecular formula is C88H159NO13. The molecule has 2 heterocycles. The van der Waals surface area contributed by atoms with Crippen LogP contribution in [0.1, 0.15) is 373 Å². The number of allylic oxidation sites excluding steroid dienone is 13. The maximum Gasteiger partial charge on any atom is 0.220 e. The van der Waals surface area contributed by atoms with Gasteiger partial charge >= 0.3 is 0 Å². The number of aliphatic hydroxyl groups excluding tert-OH is 8. The average Bonchev–Trinajstić information content (AvgIpc) is 0.790. The van der Waals surface area contributed by atoms with E-state index in [4.69, 9.17) is 18.9 Å². The molecule has 0 aliphatic carbocycles. The third-order valence-electron chi connectivity index (χ3n) is 20.6. The second kappa shape index (κ2) is 71.1. The zero-order chi connectivity index (χ0) is 73.7. The van der Waals surface area contributed by atoms with Gasteiger partial charge in [-0.2, -0.15) is 0 Å². The van der Waals surface area contributed by atoms with Gasteiger partial charge in [0.25, 0.3) is 0 Å². The number of carbonyl (C=O) groups excluding carboxylic acids is 1. The largest absolute Gasteiger partial charge is 0.394 e. The zero-order valence-corrected chi connectivity index (χ0v) is 65.3. The van der Waals surface area contributed by atoms with E-state index in [0.717, 1.165) is 64.2 Å². The van der Waals surface area contributed by atoms with Gasteiger partial charge in [-0.15, -0.1) is 0 Å². The number of rotatable bonds is 72. The summed E-state index contributed by atoms with van der Waals surface area (Å²) >= 11 is 0. The number of aliphatic hydroxyl groups is 8. The molecule has 594 valence electrons. The van der Waals surface area contributed by atoms with Crippen molar-refractivity contribution >= 4 is 5.91 Å². The second-order valence-corrected chi connectivity index (χ2v) is 29.9. The minimum absolute atomic E-state index is 0.244. The minimum Gasteiger partial charge on any atom is -0.394 e. The van der Waals surface area contributed by atoms with E-state index in [1.54, 1.807) is 6.08 Å². The molecule has 0 spiro atoms. The van der Waals surface area contributed by atoms with Gasteiger partial charge in [0.2, 0.25) is 5.91 Å². The topological polar surface area (TPSA) is 228 Å². The lowest BCUT2D eigenvalue weighted by atomic mass is 9.97. The van der Waals surface area contributed by atoms with Crippen LogP contribution >= 0.6 is 0 Å². The molecule has 2 aliphatic rings. The molecule has 0 aromatic carbocycles. The van der Waals surface area contributed by atoms with Crippen LogP contribution in [0.4, 0.5) is 0 Å². The fourth-order valence-corrected chi connectivity index (χ4v) is 13.9. The van der Waals surface area contributed by atoms with Crippen molar-refractivity contribution < 1.29 is 64.6 Å². The average molecular weight is 1440 g/mol. The highest BCUT2D eigenvalue weighted by Crippen LogP contribution is 2.30. The van der Waals surface area contributed by atoms with E-state index in [1.807, 2.05) is 6.08 Å². The van der Waals surface area contributed by atoms with Gasteiger partial charge in [-0.3, -0.25) is 4.79 Å². The van der Waals surface area contributed by atoms with Crippen molar-refractivity contribution in [2.45, 2.75) is 447 Å². The number of hydrogen-bond donors (Lipinski definition) is 9. The normalized spacial score (nSPS) is 22.1. The highest BCUT2D eigenvalue weighted by atomic mass is 16.7. The maximum atomic E-state index is 13.4. The molecule has 1 amide bonds. The summed E-state index contributed by atoms with van der Waals surface area (Å²) in [6.45, 7) is 2.72. The standard InChI is InChI=1S/C88H159NO13/c1-3-5-7-9-11-13-15-17-19-21-23-25-27-29-31-33-35-36-37-38-39-40-42-44-46-48-50-52-54-56-58-60-62-64-66-68-70-72-80(93)89-76(75-99-87-85(98)83(96)86(79(74-91)101-87)102-88-84(97)82(95)81(94)78(73-90)100-88)77(92)71-69-67-65-63-61-59-57-55-53-51-49-47-45-43-41-34-32-30-28-26-24-22-20-18-16-14-12-10-8-6-4-2/h5,7,11,13,17,19,23,25,29,31,61,63,69,71,76-79,81-88,90-92,94-98H,3-4,6,8-10,12,14-16,18,20-22,24,26-28,30,32-60,62,64-68,70,72-75H2,1-2H3,(H,89,93)/b7-5-,13-11-,19-17-,25-23-,31-29-,63-61+,71-69+. The summed E-state index contributed by atoms with van der Waals surface area (Å²) in [6, 6.07) is -0.936. The van der Waals surface area contributed by atoms with Gasteiger partial charge in [0.05, 0.1) is 32.0 Å². The molecule has 12 unspecified atom stereocenters. The Kier molecular flexibility index (Phi) is 66.4. The molecule has 12 atom stereocenters. The highest BCUT2D eigenvalue weighted by Gasteiger charge is 2.51. The van der Waals surface area contributed by atoms with Crippen molar-refractivity contribution in [2.24, 2.45) is 0 Å². The van der Waals surface area contributed by atoms with Gasteiger partial charge in [0, 0.05) is 6.42 Å². The van der Waals surface area contributed by atoms with E-state index >= 15 is 0 Å². The van der Waals surface area contributed by atoms with Crippen LogP contribution in [0.3, 0.4) is 0 Å². The lowest BCUT2D eigenvalue weighted by molar-refractivity contribution is -0.359. The van der Waals surface area contributed by atoms with Crippen molar-refractivity contribution in [3.05, 3.63) is 85.1 Å². The van der Waals surface area contributed by atoms with E-state index in [2.05, 4.69) is 92.1 Å². The fraction of sp³-hybridized carbons (Fsp3) is 0.830. The van der Waals surface area contributed by atoms with Crippen LogP contribution in [0.15, 0.2) is 85.1 Å². The molecule has 2 saturated heterocycles. The number of ether oxygens (including phenoxy) is 4. The fourth-order valence-electron chi connectivity index (χ4n) is 13.9.